The summed E-state index contributed by atoms with van der Waals surface area (Å²) in [5.74, 6) is -2.53. The third-order valence-electron chi connectivity index (χ3n) is 4.41. The van der Waals surface area contributed by atoms with E-state index in [4.69, 9.17) is 4.74 Å². The van der Waals surface area contributed by atoms with Gasteiger partial charge < -0.3 is 15.4 Å². The van der Waals surface area contributed by atoms with Crippen molar-refractivity contribution >= 4 is 40.8 Å². The number of amides is 3. The minimum absolute atomic E-state index is 0.0934. The molecule has 1 heterocycles. The Morgan fingerprint density at radius 2 is 1.80 bits per heavy atom. The molecule has 0 bridgehead atoms. The monoisotopic (exact) mass is 412 g/mol. The molecule has 11 nitrogen and oxygen atoms in total. The highest BCUT2D eigenvalue weighted by Crippen LogP contribution is 2.25. The van der Waals surface area contributed by atoms with Crippen LogP contribution in [0.15, 0.2) is 36.4 Å². The fraction of sp³-hybridized carbons (Fsp3) is 0.158. The maximum atomic E-state index is 12.3. The zero-order chi connectivity index (χ0) is 22.0. The van der Waals surface area contributed by atoms with Gasteiger partial charge in [0, 0.05) is 37.6 Å². The molecule has 2 aromatic carbocycles. The van der Waals surface area contributed by atoms with Crippen LogP contribution >= 0.6 is 0 Å². The molecule has 30 heavy (non-hydrogen) atoms. The number of anilines is 2. The third-order valence-corrected chi connectivity index (χ3v) is 4.41. The van der Waals surface area contributed by atoms with Crippen LogP contribution in [-0.4, -0.2) is 54.2 Å². The molecule has 0 saturated carbocycles. The Kier molecular flexibility index (Phi) is 5.45. The molecule has 0 radical (unpaired) electrons. The molecule has 0 atom stereocenters. The summed E-state index contributed by atoms with van der Waals surface area (Å²) in [6, 6.07) is 7.86. The Hall–Kier alpha value is -4.28. The van der Waals surface area contributed by atoms with Crippen molar-refractivity contribution in [3.8, 4) is 0 Å². The van der Waals surface area contributed by atoms with Gasteiger partial charge in [0.1, 0.15) is 0 Å². The molecule has 2 N–H and O–H groups in total. The number of carbonyl (C=O) groups is 4. The molecule has 0 unspecified atom stereocenters. The van der Waals surface area contributed by atoms with Gasteiger partial charge in [-0.15, -0.1) is 0 Å². The molecule has 1 aliphatic rings. The van der Waals surface area contributed by atoms with E-state index in [-0.39, 0.29) is 28.1 Å². The molecule has 154 valence electrons. The topological polar surface area (TPSA) is 148 Å². The molecular weight excluding hydrogens is 396 g/mol. The van der Waals surface area contributed by atoms with Crippen LogP contribution in [0, 0.1) is 10.1 Å². The first-order valence-electron chi connectivity index (χ1n) is 8.62. The number of rotatable bonds is 6. The zero-order valence-electron chi connectivity index (χ0n) is 15.9. The first kappa shape index (κ1) is 20.5. The number of nitro groups is 1. The lowest BCUT2D eigenvalue weighted by Gasteiger charge is -2.10. The molecule has 2 aromatic rings. The smallest absolute Gasteiger partial charge is 0.341 e. The number of non-ortho nitro benzene ring substituents is 1. The minimum Gasteiger partial charge on any atom is -0.452 e. The van der Waals surface area contributed by atoms with Gasteiger partial charge in [0.15, 0.2) is 6.61 Å². The predicted octanol–water partition coefficient (Wildman–Crippen LogP) is 1.66. The van der Waals surface area contributed by atoms with Gasteiger partial charge in [0.25, 0.3) is 23.4 Å². The SMILES string of the molecule is CNc1ccc([N+](=O)[O-])cc1C(=O)OCC(=O)Nc1ccc2c(c1)C(=O)N(C)C2=O. The van der Waals surface area contributed by atoms with Gasteiger partial charge in [-0.3, -0.25) is 29.4 Å². The number of imide groups is 1. The van der Waals surface area contributed by atoms with E-state index in [9.17, 15) is 29.3 Å². The summed E-state index contributed by atoms with van der Waals surface area (Å²) in [5, 5.41) is 16.1. The maximum absolute atomic E-state index is 12.3. The van der Waals surface area contributed by atoms with Crippen molar-refractivity contribution in [1.82, 2.24) is 4.90 Å². The van der Waals surface area contributed by atoms with Gasteiger partial charge in [-0.25, -0.2) is 4.79 Å². The van der Waals surface area contributed by atoms with Crippen molar-refractivity contribution < 1.29 is 28.8 Å². The zero-order valence-corrected chi connectivity index (χ0v) is 15.9. The molecule has 11 heteroatoms. The van der Waals surface area contributed by atoms with E-state index in [0.717, 1.165) is 11.0 Å². The predicted molar refractivity (Wildman–Crippen MR) is 104 cm³/mol. The first-order valence-corrected chi connectivity index (χ1v) is 8.62. The molecule has 0 aromatic heterocycles. The Balaban J connectivity index is 1.67. The normalized spacial score (nSPS) is 12.4. The number of hydrogen-bond acceptors (Lipinski definition) is 8. The molecule has 3 rings (SSSR count). The quantitative estimate of drug-likeness (QED) is 0.315. The summed E-state index contributed by atoms with van der Waals surface area (Å²) in [4.78, 5) is 59.5. The van der Waals surface area contributed by atoms with E-state index >= 15 is 0 Å². The largest absolute Gasteiger partial charge is 0.452 e. The van der Waals surface area contributed by atoms with Crippen LogP contribution in [0.1, 0.15) is 31.1 Å². The van der Waals surface area contributed by atoms with E-state index < -0.39 is 35.2 Å². The van der Waals surface area contributed by atoms with E-state index in [2.05, 4.69) is 10.6 Å². The lowest BCUT2D eigenvalue weighted by atomic mass is 10.1. The molecule has 0 spiro atoms. The molecule has 0 saturated heterocycles. The molecule has 3 amide bonds. The highest BCUT2D eigenvalue weighted by molar-refractivity contribution is 6.21. The number of hydrogen-bond donors (Lipinski definition) is 2. The Morgan fingerprint density at radius 1 is 1.10 bits per heavy atom. The summed E-state index contributed by atoms with van der Waals surface area (Å²) >= 11 is 0. The second-order valence-electron chi connectivity index (χ2n) is 6.29. The van der Waals surface area contributed by atoms with Gasteiger partial charge >= 0.3 is 5.97 Å². The molecule has 0 aliphatic carbocycles. The number of benzene rings is 2. The average Bonchev–Trinajstić information content (AvgIpc) is 2.95. The number of esters is 1. The summed E-state index contributed by atoms with van der Waals surface area (Å²) in [5.41, 5.74) is 0.552. The fourth-order valence-electron chi connectivity index (χ4n) is 2.88. The van der Waals surface area contributed by atoms with Crippen molar-refractivity contribution in [1.29, 1.82) is 0 Å². The highest BCUT2D eigenvalue weighted by Gasteiger charge is 2.32. The molecule has 0 fully saturated rings. The van der Waals surface area contributed by atoms with E-state index in [1.165, 1.54) is 44.4 Å². The number of nitrogens with zero attached hydrogens (tertiary/aromatic N) is 2. The van der Waals surface area contributed by atoms with Crippen LogP contribution in [0.5, 0.6) is 0 Å². The first-order chi connectivity index (χ1) is 14.2. The average molecular weight is 412 g/mol. The minimum atomic E-state index is -0.922. The second-order valence-corrected chi connectivity index (χ2v) is 6.29. The Bertz CT molecular complexity index is 1100. The van der Waals surface area contributed by atoms with Crippen molar-refractivity contribution in [2.45, 2.75) is 0 Å². The standard InChI is InChI=1S/C19H16N4O7/c1-20-15-6-4-11(23(28)29)8-14(15)19(27)30-9-16(24)21-10-3-5-12-13(7-10)18(26)22(2)17(12)25/h3-8,20H,9H2,1-2H3,(H,21,24). The van der Waals surface area contributed by atoms with E-state index in [1.807, 2.05) is 0 Å². The number of nitrogens with one attached hydrogen (secondary N) is 2. The summed E-state index contributed by atoms with van der Waals surface area (Å²) in [6.07, 6.45) is 0. The summed E-state index contributed by atoms with van der Waals surface area (Å²) in [6.45, 7) is -0.658. The van der Waals surface area contributed by atoms with Crippen LogP contribution in [-0.2, 0) is 9.53 Å². The van der Waals surface area contributed by atoms with Gasteiger partial charge in [-0.05, 0) is 24.3 Å². The number of nitro benzene ring substituents is 1. The second kappa shape index (κ2) is 7.99. The number of carbonyl (C=O) groups excluding carboxylic acids is 4. The summed E-state index contributed by atoms with van der Waals surface area (Å²) < 4.78 is 4.94. The van der Waals surface area contributed by atoms with Crippen molar-refractivity contribution in [3.63, 3.8) is 0 Å². The molecular formula is C19H16N4O7. The Morgan fingerprint density at radius 3 is 2.47 bits per heavy atom. The van der Waals surface area contributed by atoms with E-state index in [1.54, 1.807) is 0 Å². The fourth-order valence-corrected chi connectivity index (χ4v) is 2.88. The van der Waals surface area contributed by atoms with Crippen LogP contribution in [0.4, 0.5) is 17.1 Å². The number of fused-ring (bicyclic) bond motifs is 1. The van der Waals surface area contributed by atoms with Crippen LogP contribution < -0.4 is 10.6 Å². The van der Waals surface area contributed by atoms with Gasteiger partial charge in [0.2, 0.25) is 0 Å². The lowest BCUT2D eigenvalue weighted by molar-refractivity contribution is -0.384. The van der Waals surface area contributed by atoms with Crippen molar-refractivity contribution in [3.05, 3.63) is 63.2 Å². The summed E-state index contributed by atoms with van der Waals surface area (Å²) in [7, 11) is 2.89. The van der Waals surface area contributed by atoms with Crippen molar-refractivity contribution in [2.75, 3.05) is 31.3 Å². The van der Waals surface area contributed by atoms with Gasteiger partial charge in [0.05, 0.1) is 21.6 Å². The van der Waals surface area contributed by atoms with Crippen LogP contribution in [0.3, 0.4) is 0 Å². The Labute approximate surface area is 169 Å². The van der Waals surface area contributed by atoms with Crippen molar-refractivity contribution in [2.24, 2.45) is 0 Å². The lowest BCUT2D eigenvalue weighted by Crippen LogP contribution is -2.24. The van der Waals surface area contributed by atoms with Gasteiger partial charge in [-0.2, -0.15) is 0 Å². The van der Waals surface area contributed by atoms with E-state index in [0.29, 0.717) is 5.69 Å². The highest BCUT2D eigenvalue weighted by atomic mass is 16.6. The third kappa shape index (κ3) is 3.81. The van der Waals surface area contributed by atoms with Crippen LogP contribution in [0.25, 0.3) is 0 Å². The van der Waals surface area contributed by atoms with Crippen LogP contribution in [0.2, 0.25) is 0 Å². The molecule has 1 aliphatic heterocycles. The van der Waals surface area contributed by atoms with Gasteiger partial charge in [-0.1, -0.05) is 0 Å². The number of ether oxygens (including phenoxy) is 1. The maximum Gasteiger partial charge on any atom is 0.341 e.